The van der Waals surface area contributed by atoms with Crippen molar-refractivity contribution in [3.8, 4) is 11.5 Å². The van der Waals surface area contributed by atoms with Crippen LogP contribution >= 0.6 is 22.9 Å². The van der Waals surface area contributed by atoms with E-state index in [4.69, 9.17) is 26.8 Å². The van der Waals surface area contributed by atoms with Crippen LogP contribution in [0.2, 0.25) is 5.02 Å². The van der Waals surface area contributed by atoms with Crippen LogP contribution in [-0.2, 0) is 6.54 Å². The molecule has 0 atom stereocenters. The lowest BCUT2D eigenvalue weighted by Crippen LogP contribution is -1.94. The third kappa shape index (κ3) is 1.71. The number of halogens is 1. The summed E-state index contributed by atoms with van der Waals surface area (Å²) in [5, 5.41) is 1.34. The highest BCUT2D eigenvalue weighted by Crippen LogP contribution is 2.42. The van der Waals surface area contributed by atoms with Crippen molar-refractivity contribution < 1.29 is 9.47 Å². The van der Waals surface area contributed by atoms with Crippen molar-refractivity contribution in [3.05, 3.63) is 16.1 Å². The summed E-state index contributed by atoms with van der Waals surface area (Å²) < 4.78 is 11.4. The molecule has 16 heavy (non-hydrogen) atoms. The highest BCUT2D eigenvalue weighted by atomic mass is 35.5. The summed E-state index contributed by atoms with van der Waals surface area (Å²) >= 11 is 7.55. The molecule has 6 heteroatoms. The van der Waals surface area contributed by atoms with Gasteiger partial charge >= 0.3 is 0 Å². The Morgan fingerprint density at radius 2 is 2.19 bits per heavy atom. The van der Waals surface area contributed by atoms with Crippen LogP contribution in [0, 0.1) is 0 Å². The van der Waals surface area contributed by atoms with Gasteiger partial charge in [0.05, 0.1) is 19.2 Å². The molecule has 0 amide bonds. The monoisotopic (exact) mass is 258 g/mol. The molecule has 0 bridgehead atoms. The molecule has 1 aromatic carbocycles. The van der Waals surface area contributed by atoms with E-state index in [1.807, 2.05) is 0 Å². The minimum Gasteiger partial charge on any atom is -0.494 e. The Morgan fingerprint density at radius 3 is 2.75 bits per heavy atom. The normalized spacial score (nSPS) is 10.8. The molecule has 1 aromatic heterocycles. The molecule has 0 aliphatic carbocycles. The molecule has 2 N–H and O–H groups in total. The molecule has 0 aliphatic heterocycles. The minimum atomic E-state index is 0.392. The van der Waals surface area contributed by atoms with Crippen LogP contribution in [-0.4, -0.2) is 19.2 Å². The van der Waals surface area contributed by atoms with Crippen molar-refractivity contribution >= 4 is 33.2 Å². The second-order valence-corrected chi connectivity index (χ2v) is 4.57. The predicted molar refractivity (Wildman–Crippen MR) is 65.6 cm³/mol. The first kappa shape index (κ1) is 11.4. The second-order valence-electron chi connectivity index (χ2n) is 3.08. The third-order valence-corrected chi connectivity index (χ3v) is 3.54. The number of nitrogens with zero attached hydrogens (tertiary/aromatic N) is 1. The van der Waals surface area contributed by atoms with Gasteiger partial charge in [-0.15, -0.1) is 11.3 Å². The number of benzene rings is 1. The maximum atomic E-state index is 6.08. The molecule has 2 rings (SSSR count). The van der Waals surface area contributed by atoms with Crippen molar-refractivity contribution in [1.29, 1.82) is 0 Å². The molecule has 4 nitrogen and oxygen atoms in total. The van der Waals surface area contributed by atoms with E-state index in [1.54, 1.807) is 20.3 Å². The first-order valence-corrected chi connectivity index (χ1v) is 5.80. The van der Waals surface area contributed by atoms with Gasteiger partial charge in [0.25, 0.3) is 0 Å². The minimum absolute atomic E-state index is 0.392. The summed E-state index contributed by atoms with van der Waals surface area (Å²) in [7, 11) is 3.16. The van der Waals surface area contributed by atoms with Gasteiger partial charge in [-0.2, -0.15) is 0 Å². The zero-order valence-corrected chi connectivity index (χ0v) is 10.5. The van der Waals surface area contributed by atoms with Crippen LogP contribution in [0.25, 0.3) is 10.2 Å². The number of fused-ring (bicyclic) bond motifs is 1. The highest BCUT2D eigenvalue weighted by Gasteiger charge is 2.16. The van der Waals surface area contributed by atoms with E-state index in [0.29, 0.717) is 23.1 Å². The lowest BCUT2D eigenvalue weighted by Gasteiger charge is -2.06. The molecule has 0 unspecified atom stereocenters. The Bertz CT molecular complexity index is 527. The molecular weight excluding hydrogens is 248 g/mol. The summed E-state index contributed by atoms with van der Waals surface area (Å²) in [5.74, 6) is 1.26. The van der Waals surface area contributed by atoms with Crippen molar-refractivity contribution in [3.63, 3.8) is 0 Å². The van der Waals surface area contributed by atoms with Gasteiger partial charge in [0.1, 0.15) is 21.0 Å². The molecular formula is C10H11ClN2O2S. The van der Waals surface area contributed by atoms with Crippen molar-refractivity contribution in [2.24, 2.45) is 5.73 Å². The molecule has 0 radical (unpaired) electrons. The fourth-order valence-electron chi connectivity index (χ4n) is 1.48. The van der Waals surface area contributed by atoms with Crippen LogP contribution in [0.1, 0.15) is 5.01 Å². The van der Waals surface area contributed by atoms with E-state index in [2.05, 4.69) is 4.98 Å². The van der Waals surface area contributed by atoms with Gasteiger partial charge in [-0.3, -0.25) is 0 Å². The Morgan fingerprint density at radius 1 is 1.44 bits per heavy atom. The Hall–Kier alpha value is -1.04. The number of hydrogen-bond acceptors (Lipinski definition) is 5. The Kier molecular flexibility index (Phi) is 3.18. The standard InChI is InChI=1S/C10H11ClN2O2S/c1-14-6-3-5(11)9(15-2)10-8(6)13-7(4-12)16-10/h3H,4,12H2,1-2H3. The van der Waals surface area contributed by atoms with Gasteiger partial charge in [0.2, 0.25) is 0 Å². The number of aromatic nitrogens is 1. The van der Waals surface area contributed by atoms with Gasteiger partial charge in [0.15, 0.2) is 5.75 Å². The Balaban J connectivity index is 2.79. The van der Waals surface area contributed by atoms with Crippen molar-refractivity contribution in [2.45, 2.75) is 6.54 Å². The van der Waals surface area contributed by atoms with Gasteiger partial charge in [-0.1, -0.05) is 11.6 Å². The van der Waals surface area contributed by atoms with Gasteiger partial charge in [-0.05, 0) is 0 Å². The summed E-state index contributed by atoms with van der Waals surface area (Å²) in [6, 6.07) is 1.70. The number of ether oxygens (including phenoxy) is 2. The fourth-order valence-corrected chi connectivity index (χ4v) is 2.79. The number of hydrogen-bond donors (Lipinski definition) is 1. The molecule has 0 aliphatic rings. The fraction of sp³-hybridized carbons (Fsp3) is 0.300. The molecule has 86 valence electrons. The van der Waals surface area contributed by atoms with E-state index < -0.39 is 0 Å². The number of methoxy groups -OCH3 is 2. The average Bonchev–Trinajstić information content (AvgIpc) is 2.71. The van der Waals surface area contributed by atoms with Crippen LogP contribution < -0.4 is 15.2 Å². The zero-order chi connectivity index (χ0) is 11.7. The topological polar surface area (TPSA) is 57.4 Å². The highest BCUT2D eigenvalue weighted by molar-refractivity contribution is 7.19. The van der Waals surface area contributed by atoms with E-state index in [1.165, 1.54) is 11.3 Å². The van der Waals surface area contributed by atoms with Crippen molar-refractivity contribution in [2.75, 3.05) is 14.2 Å². The SMILES string of the molecule is COc1cc(Cl)c(OC)c2sc(CN)nc12. The third-order valence-electron chi connectivity index (χ3n) is 2.18. The number of thiazole rings is 1. The largest absolute Gasteiger partial charge is 0.494 e. The van der Waals surface area contributed by atoms with Crippen LogP contribution in [0.5, 0.6) is 11.5 Å². The van der Waals surface area contributed by atoms with E-state index in [0.717, 1.165) is 15.2 Å². The van der Waals surface area contributed by atoms with Crippen LogP contribution in [0.3, 0.4) is 0 Å². The van der Waals surface area contributed by atoms with E-state index in [9.17, 15) is 0 Å². The van der Waals surface area contributed by atoms with Gasteiger partial charge in [-0.25, -0.2) is 4.98 Å². The molecule has 2 aromatic rings. The van der Waals surface area contributed by atoms with Gasteiger partial charge < -0.3 is 15.2 Å². The summed E-state index contributed by atoms with van der Waals surface area (Å²) in [4.78, 5) is 4.38. The summed E-state index contributed by atoms with van der Waals surface area (Å²) in [5.41, 5.74) is 6.31. The smallest absolute Gasteiger partial charge is 0.157 e. The van der Waals surface area contributed by atoms with Crippen LogP contribution in [0.15, 0.2) is 6.07 Å². The molecule has 1 heterocycles. The lowest BCUT2D eigenvalue weighted by atomic mass is 10.3. The summed E-state index contributed by atoms with van der Waals surface area (Å²) in [6.07, 6.45) is 0. The lowest BCUT2D eigenvalue weighted by molar-refractivity contribution is 0.410. The van der Waals surface area contributed by atoms with E-state index in [-0.39, 0.29) is 0 Å². The maximum Gasteiger partial charge on any atom is 0.157 e. The zero-order valence-electron chi connectivity index (χ0n) is 8.91. The van der Waals surface area contributed by atoms with Crippen molar-refractivity contribution in [1.82, 2.24) is 4.98 Å². The predicted octanol–water partition coefficient (Wildman–Crippen LogP) is 2.43. The number of rotatable bonds is 3. The molecule has 0 spiro atoms. The summed E-state index contributed by atoms with van der Waals surface area (Å²) in [6.45, 7) is 0.392. The maximum absolute atomic E-state index is 6.08. The number of nitrogens with two attached hydrogens (primary N) is 1. The average molecular weight is 259 g/mol. The molecule has 0 saturated heterocycles. The quantitative estimate of drug-likeness (QED) is 0.919. The first-order valence-electron chi connectivity index (χ1n) is 4.61. The van der Waals surface area contributed by atoms with Gasteiger partial charge in [0, 0.05) is 12.6 Å². The Labute approximate surface area is 102 Å². The van der Waals surface area contributed by atoms with Crippen LogP contribution in [0.4, 0.5) is 0 Å². The second kappa shape index (κ2) is 4.45. The van der Waals surface area contributed by atoms with E-state index >= 15 is 0 Å². The molecule has 0 saturated carbocycles. The molecule has 0 fully saturated rings. The first-order chi connectivity index (χ1) is 7.71.